The van der Waals surface area contributed by atoms with Gasteiger partial charge in [-0.05, 0) is 56.6 Å². The number of nitrogens with one attached hydrogen (secondary N) is 3. The van der Waals surface area contributed by atoms with Crippen molar-refractivity contribution in [2.75, 3.05) is 26.2 Å². The highest BCUT2D eigenvalue weighted by Crippen LogP contribution is 2.22. The third-order valence-electron chi connectivity index (χ3n) is 4.64. The molecule has 2 amide bonds. The van der Waals surface area contributed by atoms with E-state index in [0.29, 0.717) is 13.1 Å². The van der Waals surface area contributed by atoms with Gasteiger partial charge in [-0.3, -0.25) is 9.59 Å². The predicted molar refractivity (Wildman–Crippen MR) is 109 cm³/mol. The molecule has 1 heterocycles. The molecule has 0 spiro atoms. The molecule has 0 aromatic heterocycles. The van der Waals surface area contributed by atoms with E-state index < -0.39 is 30.1 Å². The summed E-state index contributed by atoms with van der Waals surface area (Å²) in [5.74, 6) is -2.11. The van der Waals surface area contributed by atoms with Gasteiger partial charge in [-0.2, -0.15) is 0 Å². The fraction of sp³-hybridized carbons (Fsp3) is 0.550. The lowest BCUT2D eigenvalue weighted by Gasteiger charge is -2.18. The van der Waals surface area contributed by atoms with E-state index in [-0.39, 0.29) is 18.1 Å². The van der Waals surface area contributed by atoms with Crippen LogP contribution in [0.2, 0.25) is 0 Å². The van der Waals surface area contributed by atoms with Crippen LogP contribution < -0.4 is 21.7 Å². The Labute approximate surface area is 175 Å². The van der Waals surface area contributed by atoms with Gasteiger partial charge >= 0.3 is 5.97 Å². The van der Waals surface area contributed by atoms with E-state index in [1.54, 1.807) is 12.1 Å². The van der Waals surface area contributed by atoms with Gasteiger partial charge in [-0.25, -0.2) is 4.79 Å². The quantitative estimate of drug-likeness (QED) is 0.166. The van der Waals surface area contributed by atoms with Crippen molar-refractivity contribution in [2.24, 2.45) is 5.73 Å². The maximum atomic E-state index is 12.6. The number of carboxylic acids is 1. The van der Waals surface area contributed by atoms with Crippen molar-refractivity contribution in [3.05, 3.63) is 29.8 Å². The first kappa shape index (κ1) is 23.6. The smallest absolute Gasteiger partial charge is 0.336 e. The van der Waals surface area contributed by atoms with Crippen molar-refractivity contribution in [3.8, 4) is 5.75 Å². The number of carbonyl (C=O) groups is 3. The van der Waals surface area contributed by atoms with Gasteiger partial charge in [0.2, 0.25) is 5.91 Å². The fourth-order valence-corrected chi connectivity index (χ4v) is 2.89. The van der Waals surface area contributed by atoms with Gasteiger partial charge in [-0.15, -0.1) is 0 Å². The van der Waals surface area contributed by atoms with Crippen LogP contribution in [0, 0.1) is 0 Å². The van der Waals surface area contributed by atoms with E-state index in [4.69, 9.17) is 15.6 Å². The van der Waals surface area contributed by atoms with Crippen LogP contribution in [-0.4, -0.2) is 72.4 Å². The number of aromatic hydroxyl groups is 1. The first-order valence-corrected chi connectivity index (χ1v) is 10.1. The number of aliphatic carboxylic acids is 1. The van der Waals surface area contributed by atoms with Crippen LogP contribution in [-0.2, 0) is 25.5 Å². The molecule has 0 saturated carbocycles. The summed E-state index contributed by atoms with van der Waals surface area (Å²) in [6.45, 7) is 2.80. The van der Waals surface area contributed by atoms with Gasteiger partial charge < -0.3 is 36.6 Å². The Bertz CT molecular complexity index is 712. The summed E-state index contributed by atoms with van der Waals surface area (Å²) in [4.78, 5) is 35.8. The molecule has 7 N–H and O–H groups in total. The molecule has 1 fully saturated rings. The third kappa shape index (κ3) is 7.97. The average Bonchev–Trinajstić information content (AvgIpc) is 3.52. The van der Waals surface area contributed by atoms with Crippen molar-refractivity contribution in [3.63, 3.8) is 0 Å². The Morgan fingerprint density at radius 1 is 1.03 bits per heavy atom. The zero-order valence-electron chi connectivity index (χ0n) is 16.8. The molecule has 10 nitrogen and oxygen atoms in total. The van der Waals surface area contributed by atoms with Crippen LogP contribution in [0.5, 0.6) is 5.75 Å². The van der Waals surface area contributed by atoms with Crippen LogP contribution in [0.4, 0.5) is 0 Å². The number of hydrogen-bond acceptors (Lipinski definition) is 7. The number of phenols is 1. The normalized spacial score (nSPS) is 18.4. The molecule has 3 atom stereocenters. The van der Waals surface area contributed by atoms with Gasteiger partial charge in [0.15, 0.2) is 12.2 Å². The van der Waals surface area contributed by atoms with Crippen molar-refractivity contribution in [1.29, 1.82) is 0 Å². The monoisotopic (exact) mass is 422 g/mol. The highest BCUT2D eigenvalue weighted by Gasteiger charge is 2.51. The predicted octanol–water partition coefficient (Wildman–Crippen LogP) is -0.894. The topological polar surface area (TPSA) is 166 Å². The number of unbranched alkanes of at least 4 members (excludes halogenated alkanes) is 1. The minimum Gasteiger partial charge on any atom is -0.508 e. The number of benzene rings is 1. The minimum absolute atomic E-state index is 0.0968. The molecule has 166 valence electrons. The lowest BCUT2D eigenvalue weighted by atomic mass is 10.0. The van der Waals surface area contributed by atoms with E-state index in [2.05, 4.69) is 16.0 Å². The number of ether oxygens (including phenoxy) is 1. The second kappa shape index (κ2) is 12.1. The first-order chi connectivity index (χ1) is 14.4. The lowest BCUT2D eigenvalue weighted by Crippen LogP contribution is -2.49. The van der Waals surface area contributed by atoms with Crippen LogP contribution in [0.3, 0.4) is 0 Å². The second-order valence-electron chi connectivity index (χ2n) is 7.14. The number of amides is 2. The molecule has 1 aliphatic rings. The number of nitrogens with two attached hydrogens (primary N) is 1. The van der Waals surface area contributed by atoms with Crippen LogP contribution >= 0.6 is 0 Å². The van der Waals surface area contributed by atoms with Crippen molar-refractivity contribution in [2.45, 2.75) is 43.9 Å². The van der Waals surface area contributed by atoms with E-state index >= 15 is 0 Å². The summed E-state index contributed by atoms with van der Waals surface area (Å²) in [5.41, 5.74) is 6.17. The van der Waals surface area contributed by atoms with Gasteiger partial charge in [-0.1, -0.05) is 12.1 Å². The number of carbonyl (C=O) groups excluding carboxylic acids is 2. The van der Waals surface area contributed by atoms with Crippen LogP contribution in [0.15, 0.2) is 24.3 Å². The Hall–Kier alpha value is -2.69. The molecule has 0 radical (unpaired) electrons. The fourth-order valence-electron chi connectivity index (χ4n) is 2.89. The summed E-state index contributed by atoms with van der Waals surface area (Å²) < 4.78 is 4.85. The zero-order chi connectivity index (χ0) is 21.9. The van der Waals surface area contributed by atoms with Crippen LogP contribution in [0.1, 0.15) is 24.8 Å². The molecule has 0 aliphatic carbocycles. The molecular formula is C20H30N4O6. The van der Waals surface area contributed by atoms with Crippen LogP contribution in [0.25, 0.3) is 0 Å². The van der Waals surface area contributed by atoms with Gasteiger partial charge in [0.25, 0.3) is 5.91 Å². The number of phenolic OH excluding ortho intramolecular Hbond substituents is 1. The van der Waals surface area contributed by atoms with Crippen molar-refractivity contribution >= 4 is 17.8 Å². The largest absolute Gasteiger partial charge is 0.508 e. The molecule has 10 heteroatoms. The molecule has 1 aliphatic heterocycles. The Kier molecular flexibility index (Phi) is 9.52. The summed E-state index contributed by atoms with van der Waals surface area (Å²) in [6, 6.07) is 5.41. The highest BCUT2D eigenvalue weighted by atomic mass is 16.6. The van der Waals surface area contributed by atoms with Gasteiger partial charge in [0.1, 0.15) is 11.8 Å². The first-order valence-electron chi connectivity index (χ1n) is 10.1. The minimum atomic E-state index is -1.21. The molecule has 0 bridgehead atoms. The van der Waals surface area contributed by atoms with Gasteiger partial charge in [0.05, 0.1) is 0 Å². The average molecular weight is 422 g/mol. The van der Waals surface area contributed by atoms with E-state index in [0.717, 1.165) is 37.9 Å². The Morgan fingerprint density at radius 2 is 1.70 bits per heavy atom. The summed E-state index contributed by atoms with van der Waals surface area (Å²) in [7, 11) is 0. The van der Waals surface area contributed by atoms with E-state index in [9.17, 15) is 19.5 Å². The maximum absolute atomic E-state index is 12.6. The third-order valence-corrected chi connectivity index (χ3v) is 4.64. The number of rotatable bonds is 14. The lowest BCUT2D eigenvalue weighted by molar-refractivity contribution is -0.138. The summed E-state index contributed by atoms with van der Waals surface area (Å²) in [5, 5.41) is 26.9. The molecule has 0 unspecified atom stereocenters. The highest BCUT2D eigenvalue weighted by molar-refractivity contribution is 5.95. The molecule has 1 saturated heterocycles. The number of hydrogen-bond donors (Lipinski definition) is 6. The van der Waals surface area contributed by atoms with Gasteiger partial charge in [0, 0.05) is 13.0 Å². The Balaban J connectivity index is 1.83. The number of epoxide rings is 1. The maximum Gasteiger partial charge on any atom is 0.336 e. The Morgan fingerprint density at radius 3 is 2.33 bits per heavy atom. The standard InChI is InChI=1S/C20H30N4O6/c21-8-3-10-22-9-1-2-11-23-18(26)15(12-13-4-6-14(25)7-5-13)24-19(27)16-17(30-16)20(28)29/h4-7,15-17,22,25H,1-3,8-12,21H2,(H,23,26)(H,24,27)(H,28,29)/t15-,16+,17-/m1/s1. The zero-order valence-corrected chi connectivity index (χ0v) is 16.8. The molecule has 1 aromatic carbocycles. The molecule has 1 aromatic rings. The SMILES string of the molecule is NCCCNCCCCNC(=O)[C@@H](Cc1ccc(O)cc1)NC(=O)[C@H]1O[C@H]1C(=O)O. The summed E-state index contributed by atoms with van der Waals surface area (Å²) in [6.07, 6.45) is 0.516. The van der Waals surface area contributed by atoms with E-state index in [1.165, 1.54) is 12.1 Å². The molecular weight excluding hydrogens is 392 g/mol. The molecule has 2 rings (SSSR count). The van der Waals surface area contributed by atoms with E-state index in [1.807, 2.05) is 0 Å². The molecule has 30 heavy (non-hydrogen) atoms. The van der Waals surface area contributed by atoms with Crippen molar-refractivity contribution in [1.82, 2.24) is 16.0 Å². The second-order valence-corrected chi connectivity index (χ2v) is 7.14. The number of carboxylic acid groups (broad SMARTS) is 1. The summed E-state index contributed by atoms with van der Waals surface area (Å²) >= 11 is 0. The van der Waals surface area contributed by atoms with Crippen molar-refractivity contribution < 1.29 is 29.3 Å².